The summed E-state index contributed by atoms with van der Waals surface area (Å²) in [6.45, 7) is 0. The first-order chi connectivity index (χ1) is 15.6. The van der Waals surface area contributed by atoms with Crippen LogP contribution in [0.15, 0.2) is 18.5 Å². The number of aliphatic hydroxyl groups is 1. The summed E-state index contributed by atoms with van der Waals surface area (Å²) in [4.78, 5) is 16.5. The fraction of sp³-hybridized carbons (Fsp3) is 0.731. The van der Waals surface area contributed by atoms with Crippen LogP contribution in [0.25, 0.3) is 5.65 Å². The molecule has 0 bridgehead atoms. The highest BCUT2D eigenvalue weighted by Crippen LogP contribution is 2.43. The summed E-state index contributed by atoms with van der Waals surface area (Å²) in [7, 11) is 0. The maximum atomic E-state index is 11.6. The topological polar surface area (TPSA) is 87.7 Å². The second-order valence-electron chi connectivity index (χ2n) is 10.1. The molecule has 0 saturated heterocycles. The van der Waals surface area contributed by atoms with Crippen LogP contribution in [0, 0.1) is 11.8 Å². The minimum absolute atomic E-state index is 0.165. The first kappa shape index (κ1) is 23.2. The van der Waals surface area contributed by atoms with Crippen molar-refractivity contribution in [3.8, 4) is 0 Å². The van der Waals surface area contributed by atoms with Gasteiger partial charge in [0.1, 0.15) is 5.56 Å². The monoisotopic (exact) mass is 441 g/mol. The van der Waals surface area contributed by atoms with Crippen molar-refractivity contribution >= 4 is 11.6 Å². The summed E-state index contributed by atoms with van der Waals surface area (Å²) in [5.74, 6) is 0.530. The van der Waals surface area contributed by atoms with Crippen LogP contribution in [-0.2, 0) is 0 Å². The fourth-order valence-electron chi connectivity index (χ4n) is 6.12. The first-order valence-electron chi connectivity index (χ1n) is 12.9. The van der Waals surface area contributed by atoms with Gasteiger partial charge in [-0.3, -0.25) is 0 Å². The van der Waals surface area contributed by atoms with E-state index in [-0.39, 0.29) is 11.7 Å². The Bertz CT molecular complexity index is 880. The summed E-state index contributed by atoms with van der Waals surface area (Å²) in [6.07, 6.45) is 20.9. The van der Waals surface area contributed by atoms with Crippen LogP contribution in [0.5, 0.6) is 0 Å². The third kappa shape index (κ3) is 5.69. The van der Waals surface area contributed by atoms with Crippen LogP contribution in [0.2, 0.25) is 0 Å². The van der Waals surface area contributed by atoms with Crippen LogP contribution < -0.4 is 0 Å². The van der Waals surface area contributed by atoms with Gasteiger partial charge in [-0.25, -0.2) is 14.3 Å². The van der Waals surface area contributed by atoms with E-state index in [0.717, 1.165) is 37.8 Å². The van der Waals surface area contributed by atoms with Gasteiger partial charge < -0.3 is 10.2 Å². The molecule has 2 aliphatic carbocycles. The third-order valence-corrected chi connectivity index (χ3v) is 7.91. The van der Waals surface area contributed by atoms with Gasteiger partial charge in [0, 0.05) is 17.8 Å². The molecule has 2 fully saturated rings. The van der Waals surface area contributed by atoms with Crippen molar-refractivity contribution in [2.45, 2.75) is 108 Å². The number of carbonyl (C=O) groups is 1. The highest BCUT2D eigenvalue weighted by Gasteiger charge is 2.32. The van der Waals surface area contributed by atoms with Crippen molar-refractivity contribution in [3.05, 3.63) is 29.7 Å². The van der Waals surface area contributed by atoms with Crippen molar-refractivity contribution in [3.63, 3.8) is 0 Å². The second kappa shape index (κ2) is 11.3. The summed E-state index contributed by atoms with van der Waals surface area (Å²) < 4.78 is 1.58. The fourth-order valence-corrected chi connectivity index (χ4v) is 6.12. The lowest BCUT2D eigenvalue weighted by Gasteiger charge is -2.36. The van der Waals surface area contributed by atoms with Crippen molar-refractivity contribution in [1.82, 2.24) is 14.6 Å². The number of aliphatic hydroxyl groups excluding tert-OH is 1. The molecule has 4 unspecified atom stereocenters. The molecule has 2 aliphatic rings. The zero-order chi connectivity index (χ0) is 22.3. The van der Waals surface area contributed by atoms with Gasteiger partial charge in [0.05, 0.1) is 12.3 Å². The Morgan fingerprint density at radius 1 is 0.875 bits per heavy atom. The molecule has 2 saturated carbocycles. The normalized spacial score (nSPS) is 29.0. The van der Waals surface area contributed by atoms with Gasteiger partial charge in [-0.2, -0.15) is 5.10 Å². The Labute approximate surface area is 191 Å². The lowest BCUT2D eigenvalue weighted by Crippen LogP contribution is -2.26. The minimum Gasteiger partial charge on any atom is -0.477 e. The average molecular weight is 442 g/mol. The van der Waals surface area contributed by atoms with Gasteiger partial charge in [0.25, 0.3) is 0 Å². The number of nitrogens with zero attached hydrogens (tertiary/aromatic N) is 3. The molecule has 0 amide bonds. The molecule has 2 aromatic rings. The maximum Gasteiger partial charge on any atom is 0.341 e. The average Bonchev–Trinajstić information content (AvgIpc) is 3.17. The molecule has 2 N–H and O–H groups in total. The molecule has 4 rings (SSSR count). The van der Waals surface area contributed by atoms with Crippen molar-refractivity contribution in [2.75, 3.05) is 0 Å². The molecule has 0 aromatic carbocycles. The number of aromatic carboxylic acids is 1. The zero-order valence-corrected chi connectivity index (χ0v) is 19.3. The van der Waals surface area contributed by atoms with Gasteiger partial charge in [-0.05, 0) is 50.0 Å². The largest absolute Gasteiger partial charge is 0.477 e. The summed E-state index contributed by atoms with van der Waals surface area (Å²) in [5, 5.41) is 24.2. The van der Waals surface area contributed by atoms with Crippen LogP contribution in [0.1, 0.15) is 118 Å². The van der Waals surface area contributed by atoms with E-state index in [1.165, 1.54) is 70.4 Å². The molecule has 0 spiro atoms. The number of hydrogen-bond donors (Lipinski definition) is 2. The molecule has 2 heterocycles. The Kier molecular flexibility index (Phi) is 8.17. The summed E-state index contributed by atoms with van der Waals surface area (Å²) >= 11 is 0. The number of carboxylic acids is 1. The van der Waals surface area contributed by atoms with E-state index in [1.54, 1.807) is 4.52 Å². The number of rotatable bonds is 3. The number of aromatic nitrogens is 3. The minimum atomic E-state index is -0.976. The Balaban J connectivity index is 1.63. The highest BCUT2D eigenvalue weighted by molar-refractivity contribution is 5.94. The van der Waals surface area contributed by atoms with E-state index in [2.05, 4.69) is 11.2 Å². The van der Waals surface area contributed by atoms with Crippen molar-refractivity contribution in [2.24, 2.45) is 11.8 Å². The Morgan fingerprint density at radius 3 is 2.34 bits per heavy atom. The van der Waals surface area contributed by atoms with Crippen molar-refractivity contribution < 1.29 is 15.0 Å². The lowest BCUT2D eigenvalue weighted by molar-refractivity contribution is 0.0698. The zero-order valence-electron chi connectivity index (χ0n) is 19.3. The smallest absolute Gasteiger partial charge is 0.341 e. The van der Waals surface area contributed by atoms with Gasteiger partial charge in [0.15, 0.2) is 5.65 Å². The standard InChI is InChI=1S/C26H39N3O3/c30-20-11-7-3-1-2-6-10-19(14-15-20)21-12-8-4-5-9-13-22(21)24-16-17-29-25(28-24)23(18-27-29)26(31)32/h16-22,30H,1-15H2,(H,31,32). The second-order valence-corrected chi connectivity index (χ2v) is 10.1. The summed E-state index contributed by atoms with van der Waals surface area (Å²) in [5.41, 5.74) is 1.66. The highest BCUT2D eigenvalue weighted by atomic mass is 16.4. The van der Waals surface area contributed by atoms with Gasteiger partial charge in [0.2, 0.25) is 0 Å². The van der Waals surface area contributed by atoms with E-state index in [0.29, 0.717) is 23.4 Å². The van der Waals surface area contributed by atoms with Gasteiger partial charge in [-0.1, -0.05) is 64.2 Å². The molecular formula is C26H39N3O3. The van der Waals surface area contributed by atoms with Crippen LogP contribution >= 0.6 is 0 Å². The molecular weight excluding hydrogens is 402 g/mol. The maximum absolute atomic E-state index is 11.6. The Morgan fingerprint density at radius 2 is 1.56 bits per heavy atom. The molecule has 6 nitrogen and oxygen atoms in total. The molecule has 176 valence electrons. The van der Waals surface area contributed by atoms with E-state index in [9.17, 15) is 15.0 Å². The van der Waals surface area contributed by atoms with Crippen LogP contribution in [-0.4, -0.2) is 36.9 Å². The molecule has 4 atom stereocenters. The number of carboxylic acid groups (broad SMARTS) is 1. The number of fused-ring (bicyclic) bond motifs is 1. The van der Waals surface area contributed by atoms with E-state index < -0.39 is 5.97 Å². The van der Waals surface area contributed by atoms with Gasteiger partial charge >= 0.3 is 5.97 Å². The van der Waals surface area contributed by atoms with Crippen LogP contribution in [0.3, 0.4) is 0 Å². The molecule has 0 radical (unpaired) electrons. The van der Waals surface area contributed by atoms with Gasteiger partial charge in [-0.15, -0.1) is 0 Å². The molecule has 6 heteroatoms. The van der Waals surface area contributed by atoms with E-state index >= 15 is 0 Å². The summed E-state index contributed by atoms with van der Waals surface area (Å²) in [6, 6.07) is 2.06. The molecule has 0 aliphatic heterocycles. The van der Waals surface area contributed by atoms with Crippen molar-refractivity contribution in [1.29, 1.82) is 0 Å². The van der Waals surface area contributed by atoms with E-state index in [4.69, 9.17) is 4.98 Å². The number of hydrogen-bond acceptors (Lipinski definition) is 4. The lowest BCUT2D eigenvalue weighted by atomic mass is 9.70. The predicted octanol–water partition coefficient (Wildman–Crippen LogP) is 5.98. The first-order valence-corrected chi connectivity index (χ1v) is 12.9. The predicted molar refractivity (Wildman–Crippen MR) is 125 cm³/mol. The third-order valence-electron chi connectivity index (χ3n) is 7.91. The Hall–Kier alpha value is -1.95. The SMILES string of the molecule is O=C(O)c1cnn2ccc(C3CCCCCCC3C3CCCCCCCC(O)CC3)nc12. The van der Waals surface area contributed by atoms with Crippen LogP contribution in [0.4, 0.5) is 0 Å². The van der Waals surface area contributed by atoms with E-state index in [1.807, 2.05) is 6.20 Å². The molecule has 2 aromatic heterocycles. The molecule has 32 heavy (non-hydrogen) atoms. The quantitative estimate of drug-likeness (QED) is 0.611.